The minimum atomic E-state index is -0.581. The van der Waals surface area contributed by atoms with Gasteiger partial charge in [0.05, 0.1) is 12.1 Å². The normalized spacial score (nSPS) is 14.2. The van der Waals surface area contributed by atoms with Gasteiger partial charge in [-0.3, -0.25) is 9.59 Å². The number of urea groups is 1. The van der Waals surface area contributed by atoms with E-state index in [1.54, 1.807) is 4.90 Å². The molecule has 1 aliphatic rings. The van der Waals surface area contributed by atoms with Crippen molar-refractivity contribution in [1.29, 1.82) is 0 Å². The molecule has 0 radical (unpaired) electrons. The molecule has 0 atom stereocenters. The average molecular weight is 324 g/mol. The zero-order chi connectivity index (χ0) is 16.8. The van der Waals surface area contributed by atoms with Gasteiger partial charge in [0.2, 0.25) is 5.91 Å². The maximum absolute atomic E-state index is 11.7. The van der Waals surface area contributed by atoms with E-state index < -0.39 is 5.91 Å². The first-order valence-electron chi connectivity index (χ1n) is 7.15. The molecule has 1 saturated heterocycles. The summed E-state index contributed by atoms with van der Waals surface area (Å²) in [5.74, 6) is 0.0545. The molecule has 1 aromatic rings. The van der Waals surface area contributed by atoms with E-state index in [9.17, 15) is 14.4 Å². The van der Waals surface area contributed by atoms with E-state index in [0.29, 0.717) is 25.4 Å². The van der Waals surface area contributed by atoms with Crippen molar-refractivity contribution in [2.45, 2.75) is 6.54 Å². The van der Waals surface area contributed by atoms with Gasteiger partial charge in [-0.2, -0.15) is 0 Å². The van der Waals surface area contributed by atoms with Gasteiger partial charge in [0.15, 0.2) is 0 Å². The number of nitrogens with two attached hydrogens (primary N) is 1. The summed E-state index contributed by atoms with van der Waals surface area (Å²) in [5.41, 5.74) is 5.36. The Morgan fingerprint density at radius 1 is 1.39 bits per heavy atom. The van der Waals surface area contributed by atoms with E-state index in [2.05, 4.69) is 10.6 Å². The second-order valence-electron chi connectivity index (χ2n) is 5.33. The Kier molecular flexibility index (Phi) is 5.58. The van der Waals surface area contributed by atoms with Gasteiger partial charge in [0, 0.05) is 32.7 Å². The van der Waals surface area contributed by atoms with Crippen molar-refractivity contribution < 1.29 is 23.5 Å². The first kappa shape index (κ1) is 16.8. The molecule has 4 N–H and O–H groups in total. The zero-order valence-electron chi connectivity index (χ0n) is 12.8. The lowest BCUT2D eigenvalue weighted by atomic mass is 10.0. The van der Waals surface area contributed by atoms with Gasteiger partial charge < -0.3 is 30.4 Å². The predicted molar refractivity (Wildman–Crippen MR) is 79.4 cm³/mol. The highest BCUT2D eigenvalue weighted by molar-refractivity contribution is 5.92. The van der Waals surface area contributed by atoms with Crippen molar-refractivity contribution in [1.82, 2.24) is 15.5 Å². The Hall–Kier alpha value is -2.55. The van der Waals surface area contributed by atoms with Crippen LogP contribution in [-0.2, 0) is 16.1 Å². The maximum atomic E-state index is 11.7. The van der Waals surface area contributed by atoms with Crippen LogP contribution in [0.25, 0.3) is 0 Å². The van der Waals surface area contributed by atoms with E-state index in [0.717, 1.165) is 0 Å². The molecular weight excluding hydrogens is 304 g/mol. The summed E-state index contributed by atoms with van der Waals surface area (Å²) in [6, 6.07) is 1.14. The second kappa shape index (κ2) is 7.63. The zero-order valence-corrected chi connectivity index (χ0v) is 12.8. The van der Waals surface area contributed by atoms with Crippen LogP contribution in [0.5, 0.6) is 0 Å². The number of primary amides is 1. The topological polar surface area (TPSA) is 127 Å². The standard InChI is InChI=1S/C14H20N4O5/c1-22-8-12(19)18-5-9(6-18)3-16-14(21)17-4-11-2-10(7-23-11)13(15)20/h2,7,9H,3-6,8H2,1H3,(H2,15,20)(H2,16,17,21). The number of likely N-dealkylation sites (tertiary alicyclic amines) is 1. The Bertz CT molecular complexity index is 579. The molecule has 0 saturated carbocycles. The number of ether oxygens (including phenoxy) is 1. The van der Waals surface area contributed by atoms with E-state index in [-0.39, 0.29) is 36.6 Å². The summed E-state index contributed by atoms with van der Waals surface area (Å²) in [4.78, 5) is 35.7. The number of hydrogen-bond acceptors (Lipinski definition) is 5. The van der Waals surface area contributed by atoms with Crippen LogP contribution in [0.3, 0.4) is 0 Å². The van der Waals surface area contributed by atoms with Crippen LogP contribution >= 0.6 is 0 Å². The van der Waals surface area contributed by atoms with Crippen LogP contribution in [0.15, 0.2) is 16.7 Å². The minimum absolute atomic E-state index is 0.0451. The van der Waals surface area contributed by atoms with E-state index in [1.165, 1.54) is 19.4 Å². The fraction of sp³-hybridized carbons (Fsp3) is 0.500. The largest absolute Gasteiger partial charge is 0.467 e. The fourth-order valence-corrected chi connectivity index (χ4v) is 2.19. The number of nitrogens with one attached hydrogen (secondary N) is 2. The average Bonchev–Trinajstić information content (AvgIpc) is 2.92. The van der Waals surface area contributed by atoms with Gasteiger partial charge in [0.25, 0.3) is 5.91 Å². The number of amides is 4. The van der Waals surface area contributed by atoms with Gasteiger partial charge in [-0.25, -0.2) is 4.79 Å². The quantitative estimate of drug-likeness (QED) is 0.610. The SMILES string of the molecule is COCC(=O)N1CC(CNC(=O)NCc2cc(C(N)=O)co2)C1. The Morgan fingerprint density at radius 2 is 2.13 bits per heavy atom. The van der Waals surface area contributed by atoms with Crippen LogP contribution in [-0.4, -0.2) is 56.1 Å². The molecule has 9 heteroatoms. The molecule has 9 nitrogen and oxygen atoms in total. The number of hydrogen-bond donors (Lipinski definition) is 3. The molecule has 1 aromatic heterocycles. The summed E-state index contributed by atoms with van der Waals surface area (Å²) < 4.78 is 9.87. The van der Waals surface area contributed by atoms with Crippen molar-refractivity contribution in [2.24, 2.45) is 11.7 Å². The molecular formula is C14H20N4O5. The van der Waals surface area contributed by atoms with Crippen LogP contribution < -0.4 is 16.4 Å². The Balaban J connectivity index is 1.61. The summed E-state index contributed by atoms with van der Waals surface area (Å²) in [6.45, 7) is 1.94. The number of nitrogens with zero attached hydrogens (tertiary/aromatic N) is 1. The van der Waals surface area contributed by atoms with Crippen molar-refractivity contribution in [2.75, 3.05) is 33.4 Å². The highest BCUT2D eigenvalue weighted by Gasteiger charge is 2.30. The van der Waals surface area contributed by atoms with Gasteiger partial charge >= 0.3 is 6.03 Å². The van der Waals surface area contributed by atoms with Crippen molar-refractivity contribution in [3.05, 3.63) is 23.7 Å². The predicted octanol–water partition coefficient (Wildman–Crippen LogP) is -0.717. The summed E-state index contributed by atoms with van der Waals surface area (Å²) >= 11 is 0. The number of methoxy groups -OCH3 is 1. The monoisotopic (exact) mass is 324 g/mol. The molecule has 0 unspecified atom stereocenters. The lowest BCUT2D eigenvalue weighted by molar-refractivity contribution is -0.141. The van der Waals surface area contributed by atoms with Gasteiger partial charge in [-0.05, 0) is 6.07 Å². The summed E-state index contributed by atoms with van der Waals surface area (Å²) in [6.07, 6.45) is 1.25. The second-order valence-corrected chi connectivity index (χ2v) is 5.33. The molecule has 4 amide bonds. The van der Waals surface area contributed by atoms with Crippen LogP contribution in [0.4, 0.5) is 4.79 Å². The van der Waals surface area contributed by atoms with Crippen LogP contribution in [0.1, 0.15) is 16.1 Å². The van der Waals surface area contributed by atoms with E-state index >= 15 is 0 Å². The van der Waals surface area contributed by atoms with E-state index in [1.807, 2.05) is 0 Å². The molecule has 1 aliphatic heterocycles. The number of carbonyl (C=O) groups excluding carboxylic acids is 3. The van der Waals surface area contributed by atoms with E-state index in [4.69, 9.17) is 14.9 Å². The number of furan rings is 1. The van der Waals surface area contributed by atoms with Gasteiger partial charge in [-0.1, -0.05) is 0 Å². The fourth-order valence-electron chi connectivity index (χ4n) is 2.19. The smallest absolute Gasteiger partial charge is 0.315 e. The molecule has 23 heavy (non-hydrogen) atoms. The molecule has 1 fully saturated rings. The Morgan fingerprint density at radius 3 is 2.74 bits per heavy atom. The van der Waals surface area contributed by atoms with Crippen molar-refractivity contribution in [3.8, 4) is 0 Å². The molecule has 0 spiro atoms. The van der Waals surface area contributed by atoms with Crippen molar-refractivity contribution >= 4 is 17.8 Å². The highest BCUT2D eigenvalue weighted by Crippen LogP contribution is 2.14. The summed E-state index contributed by atoms with van der Waals surface area (Å²) in [7, 11) is 1.48. The van der Waals surface area contributed by atoms with Gasteiger partial charge in [-0.15, -0.1) is 0 Å². The molecule has 2 heterocycles. The molecule has 126 valence electrons. The van der Waals surface area contributed by atoms with Crippen LogP contribution in [0.2, 0.25) is 0 Å². The number of carbonyl (C=O) groups is 3. The third kappa shape index (κ3) is 4.71. The lowest BCUT2D eigenvalue weighted by Crippen LogP contribution is -2.55. The molecule has 0 aromatic carbocycles. The third-order valence-corrected chi connectivity index (χ3v) is 3.49. The van der Waals surface area contributed by atoms with Crippen molar-refractivity contribution in [3.63, 3.8) is 0 Å². The van der Waals surface area contributed by atoms with Gasteiger partial charge in [0.1, 0.15) is 18.6 Å². The lowest BCUT2D eigenvalue weighted by Gasteiger charge is -2.39. The van der Waals surface area contributed by atoms with Crippen LogP contribution in [0, 0.1) is 5.92 Å². The molecule has 0 bridgehead atoms. The minimum Gasteiger partial charge on any atom is -0.467 e. The first-order valence-corrected chi connectivity index (χ1v) is 7.15. The summed E-state index contributed by atoms with van der Waals surface area (Å²) in [5, 5.41) is 5.34. The number of rotatable bonds is 7. The third-order valence-electron chi connectivity index (χ3n) is 3.49. The highest BCUT2D eigenvalue weighted by atomic mass is 16.5. The Labute approximate surface area is 133 Å². The molecule has 0 aliphatic carbocycles. The first-order chi connectivity index (χ1) is 11.0. The molecule has 2 rings (SSSR count). The maximum Gasteiger partial charge on any atom is 0.315 e.